The summed E-state index contributed by atoms with van der Waals surface area (Å²) in [7, 11) is -0.328. The summed E-state index contributed by atoms with van der Waals surface area (Å²) < 4.78 is 24.2. The first-order valence-electron chi connectivity index (χ1n) is 8.67. The Morgan fingerprint density at radius 3 is 1.76 bits per heavy atom. The van der Waals surface area contributed by atoms with Gasteiger partial charge in [-0.2, -0.15) is 0 Å². The van der Waals surface area contributed by atoms with E-state index in [1.807, 2.05) is 36.4 Å². The largest absolute Gasteiger partial charge is 0.334 e. The standard InChI is InChI=1S/C20H28NO3P/c1-23-25(22,24-2)19(15-9-10-16-21)20(17-11-5-3-6-12-17)18-13-7-4-8-14-18/h3-8,11-14,19-20H,9-10,15-16,21H2,1-2H3/t19-/m0/s1. The van der Waals surface area contributed by atoms with Crippen LogP contribution in [0.3, 0.4) is 0 Å². The number of hydrogen-bond acceptors (Lipinski definition) is 4. The van der Waals surface area contributed by atoms with E-state index in [9.17, 15) is 4.57 Å². The smallest absolute Gasteiger partial charge is 0.330 e. The Morgan fingerprint density at radius 1 is 0.880 bits per heavy atom. The lowest BCUT2D eigenvalue weighted by atomic mass is 9.86. The zero-order valence-corrected chi connectivity index (χ0v) is 15.9. The summed E-state index contributed by atoms with van der Waals surface area (Å²) in [5.41, 5.74) is 7.61. The lowest BCUT2D eigenvalue weighted by Gasteiger charge is -2.32. The number of unbranched alkanes of at least 4 members (excludes halogenated alkanes) is 1. The van der Waals surface area contributed by atoms with E-state index < -0.39 is 7.60 Å². The third-order valence-electron chi connectivity index (χ3n) is 4.57. The minimum absolute atomic E-state index is 0.0640. The van der Waals surface area contributed by atoms with Crippen molar-refractivity contribution in [3.8, 4) is 0 Å². The monoisotopic (exact) mass is 361 g/mol. The predicted molar refractivity (Wildman–Crippen MR) is 103 cm³/mol. The van der Waals surface area contributed by atoms with Gasteiger partial charge in [-0.15, -0.1) is 0 Å². The first-order valence-corrected chi connectivity index (χ1v) is 10.3. The Kier molecular flexibility index (Phi) is 7.86. The van der Waals surface area contributed by atoms with Crippen molar-refractivity contribution in [3.05, 3.63) is 71.8 Å². The molecule has 2 aromatic rings. The van der Waals surface area contributed by atoms with E-state index in [0.29, 0.717) is 6.54 Å². The van der Waals surface area contributed by atoms with Crippen LogP contribution in [0.15, 0.2) is 60.7 Å². The molecule has 2 aromatic carbocycles. The molecule has 0 saturated carbocycles. The molecule has 0 radical (unpaired) electrons. The molecule has 0 bridgehead atoms. The average Bonchev–Trinajstić information content (AvgIpc) is 2.68. The number of nitrogens with two attached hydrogens (primary N) is 1. The van der Waals surface area contributed by atoms with Gasteiger partial charge in [-0.1, -0.05) is 67.1 Å². The van der Waals surface area contributed by atoms with Gasteiger partial charge in [-0.25, -0.2) is 0 Å². The van der Waals surface area contributed by atoms with Crippen LogP contribution in [0, 0.1) is 0 Å². The van der Waals surface area contributed by atoms with Crippen LogP contribution in [0.1, 0.15) is 36.3 Å². The van der Waals surface area contributed by atoms with E-state index in [1.54, 1.807) is 0 Å². The second kappa shape index (κ2) is 9.88. The van der Waals surface area contributed by atoms with Gasteiger partial charge in [-0.3, -0.25) is 4.57 Å². The van der Waals surface area contributed by atoms with E-state index in [0.717, 1.165) is 30.4 Å². The third kappa shape index (κ3) is 5.02. The first kappa shape index (κ1) is 19.9. The molecule has 136 valence electrons. The van der Waals surface area contributed by atoms with E-state index in [4.69, 9.17) is 14.8 Å². The topological polar surface area (TPSA) is 61.5 Å². The van der Waals surface area contributed by atoms with Gasteiger partial charge in [-0.05, 0) is 30.5 Å². The van der Waals surface area contributed by atoms with Crippen LogP contribution in [0.2, 0.25) is 0 Å². The van der Waals surface area contributed by atoms with Gasteiger partial charge in [0.1, 0.15) is 0 Å². The van der Waals surface area contributed by atoms with Crippen LogP contribution >= 0.6 is 7.60 Å². The summed E-state index contributed by atoms with van der Waals surface area (Å²) in [5.74, 6) is -0.0640. The highest BCUT2D eigenvalue weighted by atomic mass is 31.2. The number of rotatable bonds is 10. The fourth-order valence-corrected chi connectivity index (χ4v) is 5.21. The summed E-state index contributed by atoms with van der Waals surface area (Å²) in [6, 6.07) is 20.3. The number of benzene rings is 2. The fourth-order valence-electron chi connectivity index (χ4n) is 3.31. The molecular formula is C20H28NO3P. The maximum atomic E-state index is 13.4. The van der Waals surface area contributed by atoms with E-state index in [-0.39, 0.29) is 11.6 Å². The van der Waals surface area contributed by atoms with Crippen molar-refractivity contribution in [1.82, 2.24) is 0 Å². The van der Waals surface area contributed by atoms with Crippen LogP contribution in [0.25, 0.3) is 0 Å². The van der Waals surface area contributed by atoms with Crippen molar-refractivity contribution < 1.29 is 13.6 Å². The minimum atomic E-state index is -3.26. The molecule has 2 N–H and O–H groups in total. The van der Waals surface area contributed by atoms with E-state index in [1.165, 1.54) is 14.2 Å². The summed E-state index contributed by atoms with van der Waals surface area (Å²) in [6.07, 6.45) is 2.50. The van der Waals surface area contributed by atoms with E-state index >= 15 is 0 Å². The first-order chi connectivity index (χ1) is 12.2. The van der Waals surface area contributed by atoms with Crippen LogP contribution in [0.4, 0.5) is 0 Å². The van der Waals surface area contributed by atoms with Crippen molar-refractivity contribution in [2.24, 2.45) is 5.73 Å². The van der Waals surface area contributed by atoms with Crippen molar-refractivity contribution in [2.45, 2.75) is 30.8 Å². The normalized spacial score (nSPS) is 13.1. The molecule has 1 atom stereocenters. The summed E-state index contributed by atoms with van der Waals surface area (Å²) >= 11 is 0. The Labute approximate surface area is 150 Å². The maximum Gasteiger partial charge on any atom is 0.334 e. The molecule has 0 saturated heterocycles. The molecule has 0 aliphatic heterocycles. The molecule has 4 nitrogen and oxygen atoms in total. The highest BCUT2D eigenvalue weighted by Crippen LogP contribution is 2.59. The Balaban J connectivity index is 2.50. The van der Waals surface area contributed by atoms with Gasteiger partial charge >= 0.3 is 7.60 Å². The highest BCUT2D eigenvalue weighted by molar-refractivity contribution is 7.54. The van der Waals surface area contributed by atoms with Crippen LogP contribution in [-0.2, 0) is 13.6 Å². The lowest BCUT2D eigenvalue weighted by Crippen LogP contribution is -2.22. The predicted octanol–water partition coefficient (Wildman–Crippen LogP) is 4.80. The quantitative estimate of drug-likeness (QED) is 0.488. The Bertz CT molecular complexity index is 616. The van der Waals surface area contributed by atoms with Gasteiger partial charge in [0.05, 0.1) is 5.66 Å². The molecule has 0 spiro atoms. The Hall–Kier alpha value is -1.45. The fraction of sp³-hybridized carbons (Fsp3) is 0.400. The van der Waals surface area contributed by atoms with Crippen LogP contribution < -0.4 is 5.73 Å². The lowest BCUT2D eigenvalue weighted by molar-refractivity contribution is 0.259. The SMILES string of the molecule is COP(=O)(OC)[C@@H](CCCCN)C(c1ccccc1)c1ccccc1. The molecule has 0 aromatic heterocycles. The molecule has 0 unspecified atom stereocenters. The average molecular weight is 361 g/mol. The Morgan fingerprint density at radius 2 is 1.36 bits per heavy atom. The molecule has 25 heavy (non-hydrogen) atoms. The van der Waals surface area contributed by atoms with Gasteiger partial charge in [0.25, 0.3) is 0 Å². The minimum Gasteiger partial charge on any atom is -0.330 e. The summed E-state index contributed by atoms with van der Waals surface area (Å²) in [4.78, 5) is 0. The van der Waals surface area contributed by atoms with Crippen molar-refractivity contribution in [1.29, 1.82) is 0 Å². The van der Waals surface area contributed by atoms with Crippen molar-refractivity contribution in [3.63, 3.8) is 0 Å². The number of hydrogen-bond donors (Lipinski definition) is 1. The third-order valence-corrected chi connectivity index (χ3v) is 6.96. The zero-order chi connectivity index (χ0) is 18.1. The molecule has 5 heteroatoms. The van der Waals surface area contributed by atoms with Gasteiger partial charge in [0.15, 0.2) is 0 Å². The zero-order valence-electron chi connectivity index (χ0n) is 15.0. The summed E-state index contributed by atoms with van der Waals surface area (Å²) in [5, 5.41) is 0. The molecule has 2 rings (SSSR count). The van der Waals surface area contributed by atoms with Crippen molar-refractivity contribution >= 4 is 7.60 Å². The van der Waals surface area contributed by atoms with E-state index in [2.05, 4.69) is 24.3 Å². The highest BCUT2D eigenvalue weighted by Gasteiger charge is 2.40. The van der Waals surface area contributed by atoms with Crippen LogP contribution in [0.5, 0.6) is 0 Å². The molecular weight excluding hydrogens is 333 g/mol. The molecule has 0 fully saturated rings. The van der Waals surface area contributed by atoms with Gasteiger partial charge < -0.3 is 14.8 Å². The second-order valence-electron chi connectivity index (χ2n) is 6.06. The van der Waals surface area contributed by atoms with Crippen molar-refractivity contribution in [2.75, 3.05) is 20.8 Å². The van der Waals surface area contributed by atoms with Crippen LogP contribution in [-0.4, -0.2) is 26.4 Å². The summed E-state index contributed by atoms with van der Waals surface area (Å²) in [6.45, 7) is 0.623. The molecule has 0 amide bonds. The van der Waals surface area contributed by atoms with Gasteiger partial charge in [0, 0.05) is 20.1 Å². The molecule has 0 heterocycles. The second-order valence-corrected chi connectivity index (χ2v) is 8.53. The molecule has 0 aliphatic carbocycles. The maximum absolute atomic E-state index is 13.4. The molecule has 0 aliphatic rings. The van der Waals surface area contributed by atoms with Gasteiger partial charge in [0.2, 0.25) is 0 Å².